The van der Waals surface area contributed by atoms with Gasteiger partial charge in [0.1, 0.15) is 0 Å². The Hall–Kier alpha value is -9.90. The van der Waals surface area contributed by atoms with Gasteiger partial charge in [0.2, 0.25) is 0 Å². The van der Waals surface area contributed by atoms with E-state index in [4.69, 9.17) is 0 Å². The van der Waals surface area contributed by atoms with Gasteiger partial charge >= 0.3 is 0 Å². The van der Waals surface area contributed by atoms with Crippen LogP contribution in [0.1, 0.15) is 101 Å². The molecule has 0 saturated carbocycles. The van der Waals surface area contributed by atoms with Gasteiger partial charge in [0.15, 0.2) is 0 Å². The third kappa shape index (κ3) is 10.8. The van der Waals surface area contributed by atoms with Crippen molar-refractivity contribution < 1.29 is 0 Å². The fraction of sp³-hybridized carbons (Fsp3) is 0.182. The Bertz CT molecular complexity index is 4670. The maximum absolute atomic E-state index is 2.76. The molecule has 2 aliphatic heterocycles. The van der Waals surface area contributed by atoms with Crippen LogP contribution in [0.4, 0.5) is 22.7 Å². The normalized spacial score (nSPS) is 12.8. The van der Waals surface area contributed by atoms with Gasteiger partial charge in [0, 0.05) is 64.2 Å². The first kappa shape index (κ1) is 58.5. The lowest BCUT2D eigenvalue weighted by Crippen LogP contribution is -2.62. The molecule has 2 aliphatic rings. The van der Waals surface area contributed by atoms with Crippen LogP contribution in [-0.4, -0.2) is 11.3 Å². The molecule has 92 heavy (non-hydrogen) atoms. The Kier molecular flexibility index (Phi) is 15.3. The standard InChI is InChI=1S/C88H80BN3/c1-8-9-15-28-60-51-84-86-85(52-60)92(59-77-72(65-35-22-13-23-36-65)41-27-42-73(77)66-37-24-14-25-38-66)83-53-61(57-90-80-49-45-68(87(2,3)4)55-74(80)75-56-69(88(5,6)7)46-50-81(75)90)43-47-78(83)89(86)79-54-67(62-29-16-10-17-30-62)44-48-82(79)91(84)58-76-70(63-31-18-11-19-32-63)39-26-40-71(76)64-33-20-12-21-34-64/h10-14,16-27,29-56H,8-9,15,28,57-59H2,1-7H3. The lowest BCUT2D eigenvalue weighted by molar-refractivity contribution is 0.590. The monoisotopic (exact) mass is 1190 g/mol. The summed E-state index contributed by atoms with van der Waals surface area (Å²) >= 11 is 0. The fourth-order valence-corrected chi connectivity index (χ4v) is 15.0. The van der Waals surface area contributed by atoms with E-state index < -0.39 is 0 Å². The lowest BCUT2D eigenvalue weighted by atomic mass is 9.33. The first-order valence-electron chi connectivity index (χ1n) is 33.4. The molecule has 450 valence electrons. The summed E-state index contributed by atoms with van der Waals surface area (Å²) in [4.78, 5) is 5.49. The van der Waals surface area contributed by atoms with E-state index >= 15 is 0 Å². The fourth-order valence-electron chi connectivity index (χ4n) is 15.0. The SMILES string of the molecule is CCCCCc1cc2c3c(c1)N(Cc1c(-c4ccccc4)cccc1-c1ccccc1)c1cc(Cn4c5ccc(C(C)(C)C)cc5c5cc(C(C)(C)C)ccc54)ccc1B3c1cc(-c3ccccc3)ccc1N2Cc1c(-c2ccccc2)cccc1-c1ccccc1. The molecule has 12 aromatic carbocycles. The summed E-state index contributed by atoms with van der Waals surface area (Å²) in [5.74, 6) is 0. The Morgan fingerprint density at radius 3 is 1.21 bits per heavy atom. The van der Waals surface area contributed by atoms with Crippen LogP contribution in [0.15, 0.2) is 273 Å². The topological polar surface area (TPSA) is 11.4 Å². The number of hydrogen-bond acceptors (Lipinski definition) is 2. The molecule has 0 unspecified atom stereocenters. The second-order valence-corrected chi connectivity index (χ2v) is 27.8. The highest BCUT2D eigenvalue weighted by molar-refractivity contribution is 7.00. The summed E-state index contributed by atoms with van der Waals surface area (Å²) < 4.78 is 2.60. The number of hydrogen-bond donors (Lipinski definition) is 0. The number of unbranched alkanes of at least 4 members (excludes halogenated alkanes) is 2. The van der Waals surface area contributed by atoms with E-state index in [0.29, 0.717) is 19.6 Å². The van der Waals surface area contributed by atoms with Gasteiger partial charge in [-0.15, -0.1) is 0 Å². The van der Waals surface area contributed by atoms with Crippen LogP contribution in [0.5, 0.6) is 0 Å². The van der Waals surface area contributed by atoms with E-state index in [1.165, 1.54) is 156 Å². The summed E-state index contributed by atoms with van der Waals surface area (Å²) in [5, 5.41) is 2.64. The molecule has 3 nitrogen and oxygen atoms in total. The smallest absolute Gasteiger partial charge is 0.252 e. The Balaban J connectivity index is 1.00. The molecular formula is C88H80BN3. The molecule has 0 atom stereocenters. The molecule has 0 amide bonds. The van der Waals surface area contributed by atoms with Crippen LogP contribution >= 0.6 is 0 Å². The molecule has 3 heterocycles. The summed E-state index contributed by atoms with van der Waals surface area (Å²) in [6, 6.07) is 104. The van der Waals surface area contributed by atoms with Gasteiger partial charge in [0.25, 0.3) is 6.71 Å². The van der Waals surface area contributed by atoms with Gasteiger partial charge in [0.05, 0.1) is 0 Å². The van der Waals surface area contributed by atoms with Crippen molar-refractivity contribution in [3.63, 3.8) is 0 Å². The van der Waals surface area contributed by atoms with Gasteiger partial charge in [-0.1, -0.05) is 286 Å². The zero-order valence-corrected chi connectivity index (χ0v) is 54.3. The molecule has 0 saturated heterocycles. The van der Waals surface area contributed by atoms with E-state index in [-0.39, 0.29) is 17.5 Å². The molecule has 0 bridgehead atoms. The second kappa shape index (κ2) is 24.0. The number of benzene rings is 12. The first-order chi connectivity index (χ1) is 44.9. The van der Waals surface area contributed by atoms with Crippen LogP contribution in [0, 0.1) is 0 Å². The molecule has 0 spiro atoms. The molecule has 0 fully saturated rings. The maximum atomic E-state index is 2.76. The third-order valence-electron chi connectivity index (χ3n) is 19.8. The third-order valence-corrected chi connectivity index (χ3v) is 19.8. The van der Waals surface area contributed by atoms with Crippen molar-refractivity contribution >= 4 is 67.7 Å². The van der Waals surface area contributed by atoms with Crippen LogP contribution in [0.25, 0.3) is 77.4 Å². The number of aromatic nitrogens is 1. The number of rotatable bonds is 15. The van der Waals surface area contributed by atoms with Crippen molar-refractivity contribution in [1.82, 2.24) is 4.57 Å². The van der Waals surface area contributed by atoms with Crippen LogP contribution in [-0.2, 0) is 36.9 Å². The number of anilines is 4. The van der Waals surface area contributed by atoms with E-state index in [1.807, 2.05) is 0 Å². The number of aryl methyl sites for hydroxylation is 1. The van der Waals surface area contributed by atoms with Gasteiger partial charge < -0.3 is 14.4 Å². The van der Waals surface area contributed by atoms with Crippen LogP contribution < -0.4 is 26.2 Å². The van der Waals surface area contributed by atoms with Crippen molar-refractivity contribution in [1.29, 1.82) is 0 Å². The van der Waals surface area contributed by atoms with Gasteiger partial charge in [-0.3, -0.25) is 0 Å². The van der Waals surface area contributed by atoms with Crippen molar-refractivity contribution in [3.8, 4) is 55.6 Å². The van der Waals surface area contributed by atoms with E-state index in [1.54, 1.807) is 0 Å². The Labute approximate surface area is 545 Å². The lowest BCUT2D eigenvalue weighted by Gasteiger charge is -2.45. The van der Waals surface area contributed by atoms with E-state index in [0.717, 1.165) is 19.3 Å². The van der Waals surface area contributed by atoms with Gasteiger partial charge in [-0.2, -0.15) is 0 Å². The van der Waals surface area contributed by atoms with Crippen molar-refractivity contribution in [3.05, 3.63) is 306 Å². The number of nitrogens with zero attached hydrogens (tertiary/aromatic N) is 3. The summed E-state index contributed by atoms with van der Waals surface area (Å²) in [5.41, 5.74) is 31.9. The molecule has 13 aromatic rings. The summed E-state index contributed by atoms with van der Waals surface area (Å²) in [6.07, 6.45) is 4.44. The minimum absolute atomic E-state index is 0.00606. The second-order valence-electron chi connectivity index (χ2n) is 27.8. The van der Waals surface area contributed by atoms with Crippen LogP contribution in [0.2, 0.25) is 0 Å². The molecule has 0 aliphatic carbocycles. The Morgan fingerprint density at radius 1 is 0.326 bits per heavy atom. The average molecular weight is 1190 g/mol. The van der Waals surface area contributed by atoms with Crippen molar-refractivity contribution in [2.45, 2.75) is 105 Å². The average Bonchev–Trinajstić information content (AvgIpc) is 0.789. The predicted molar refractivity (Wildman–Crippen MR) is 395 cm³/mol. The quantitative estimate of drug-likeness (QED) is 0.0749. The number of fused-ring (bicyclic) bond motifs is 7. The molecule has 15 rings (SSSR count). The molecule has 0 N–H and O–H groups in total. The Morgan fingerprint density at radius 2 is 0.761 bits per heavy atom. The maximum Gasteiger partial charge on any atom is 0.252 e. The van der Waals surface area contributed by atoms with Gasteiger partial charge in [-0.05, 0) is 178 Å². The molecule has 4 heteroatoms. The highest BCUT2D eigenvalue weighted by atomic mass is 15.2. The zero-order chi connectivity index (χ0) is 62.7. The van der Waals surface area contributed by atoms with Crippen molar-refractivity contribution in [2.24, 2.45) is 0 Å². The largest absolute Gasteiger partial charge is 0.338 e. The summed E-state index contributed by atoms with van der Waals surface area (Å²) in [6.45, 7) is 18.3. The minimum atomic E-state index is -0.0734. The molecule has 1 aromatic heterocycles. The van der Waals surface area contributed by atoms with Crippen LogP contribution in [0.3, 0.4) is 0 Å². The van der Waals surface area contributed by atoms with E-state index in [9.17, 15) is 0 Å². The molecular weight excluding hydrogens is 1110 g/mol. The predicted octanol–water partition coefficient (Wildman–Crippen LogP) is 21.3. The summed E-state index contributed by atoms with van der Waals surface area (Å²) in [7, 11) is 0. The zero-order valence-electron chi connectivity index (χ0n) is 54.3. The first-order valence-corrected chi connectivity index (χ1v) is 33.4. The van der Waals surface area contributed by atoms with Crippen molar-refractivity contribution in [2.75, 3.05) is 9.80 Å². The van der Waals surface area contributed by atoms with E-state index in [2.05, 4.69) is 336 Å². The van der Waals surface area contributed by atoms with Gasteiger partial charge in [-0.25, -0.2) is 0 Å². The highest BCUT2D eigenvalue weighted by Gasteiger charge is 2.44. The highest BCUT2D eigenvalue weighted by Crippen LogP contribution is 2.46. The minimum Gasteiger partial charge on any atom is -0.338 e. The molecule has 0 radical (unpaired) electrons.